The van der Waals surface area contributed by atoms with Crippen LogP contribution in [0.25, 0.3) is 0 Å². The van der Waals surface area contributed by atoms with Gasteiger partial charge in [0.15, 0.2) is 0 Å². The first-order chi connectivity index (χ1) is 9.58. The van der Waals surface area contributed by atoms with Gasteiger partial charge in [0.1, 0.15) is 5.78 Å². The van der Waals surface area contributed by atoms with E-state index >= 15 is 0 Å². The number of thioether (sulfide) groups is 1. The largest absolute Gasteiger partial charge is 0.299 e. The van der Waals surface area contributed by atoms with Gasteiger partial charge in [-0.05, 0) is 34.5 Å². The topological polar surface area (TPSA) is 34.9 Å². The molecule has 0 saturated carbocycles. The van der Waals surface area contributed by atoms with Gasteiger partial charge in [-0.3, -0.25) is 9.48 Å². The number of benzene rings is 1. The minimum atomic E-state index is 0.0123. The Morgan fingerprint density at radius 1 is 1.50 bits per heavy atom. The number of fused-ring (bicyclic) bond motifs is 1. The van der Waals surface area contributed by atoms with Crippen molar-refractivity contribution in [3.05, 3.63) is 45.7 Å². The Kier molecular flexibility index (Phi) is 3.73. The van der Waals surface area contributed by atoms with E-state index < -0.39 is 0 Å². The molecular formula is C15H15BrN2OS. The van der Waals surface area contributed by atoms with Gasteiger partial charge in [0.25, 0.3) is 0 Å². The molecule has 0 N–H and O–H groups in total. The van der Waals surface area contributed by atoms with Gasteiger partial charge in [0.2, 0.25) is 0 Å². The number of hydrogen-bond donors (Lipinski definition) is 0. The van der Waals surface area contributed by atoms with Crippen LogP contribution in [-0.4, -0.2) is 21.3 Å². The molecule has 104 valence electrons. The zero-order valence-corrected chi connectivity index (χ0v) is 13.8. The summed E-state index contributed by atoms with van der Waals surface area (Å²) in [7, 11) is 1.89. The van der Waals surface area contributed by atoms with Crippen LogP contribution in [0, 0.1) is 6.92 Å². The lowest BCUT2D eigenvalue weighted by Crippen LogP contribution is -2.16. The van der Waals surface area contributed by atoms with Crippen LogP contribution in [-0.2, 0) is 18.3 Å². The van der Waals surface area contributed by atoms with Crippen LogP contribution in [0.4, 0.5) is 0 Å². The second-order valence-corrected chi connectivity index (χ2v) is 6.87. The van der Waals surface area contributed by atoms with Crippen molar-refractivity contribution in [2.45, 2.75) is 24.2 Å². The minimum absolute atomic E-state index is 0.0123. The molecule has 3 nitrogen and oxygen atoms in total. The van der Waals surface area contributed by atoms with Crippen molar-refractivity contribution in [3.8, 4) is 0 Å². The molecule has 0 aliphatic carbocycles. The van der Waals surface area contributed by atoms with Gasteiger partial charge in [-0.1, -0.05) is 18.2 Å². The average molecular weight is 351 g/mol. The quantitative estimate of drug-likeness (QED) is 0.849. The summed E-state index contributed by atoms with van der Waals surface area (Å²) in [6, 6.07) is 8.20. The summed E-state index contributed by atoms with van der Waals surface area (Å²) in [5, 5.41) is 4.35. The van der Waals surface area contributed by atoms with Gasteiger partial charge < -0.3 is 0 Å². The maximum absolute atomic E-state index is 12.6. The van der Waals surface area contributed by atoms with E-state index in [0.29, 0.717) is 6.42 Å². The molecule has 0 amide bonds. The normalized spacial score (nSPS) is 17.2. The van der Waals surface area contributed by atoms with Crippen LogP contribution in [0.1, 0.15) is 22.9 Å². The number of halogens is 1. The van der Waals surface area contributed by atoms with E-state index in [0.717, 1.165) is 21.6 Å². The van der Waals surface area contributed by atoms with Crippen molar-refractivity contribution in [2.24, 2.45) is 7.05 Å². The summed E-state index contributed by atoms with van der Waals surface area (Å²) in [6.45, 7) is 1.94. The highest BCUT2D eigenvalue weighted by Crippen LogP contribution is 2.40. The lowest BCUT2D eigenvalue weighted by Gasteiger charge is -2.10. The van der Waals surface area contributed by atoms with Gasteiger partial charge in [0, 0.05) is 17.7 Å². The molecule has 1 aromatic carbocycles. The number of nitrogens with zero attached hydrogens (tertiary/aromatic N) is 2. The van der Waals surface area contributed by atoms with Crippen LogP contribution in [0.2, 0.25) is 0 Å². The molecule has 0 fully saturated rings. The molecule has 1 aliphatic rings. The molecule has 0 radical (unpaired) electrons. The fraction of sp³-hybridized carbons (Fsp3) is 0.333. The van der Waals surface area contributed by atoms with Crippen LogP contribution in [0.15, 0.2) is 33.6 Å². The van der Waals surface area contributed by atoms with Crippen molar-refractivity contribution in [1.82, 2.24) is 9.78 Å². The van der Waals surface area contributed by atoms with Crippen molar-refractivity contribution in [3.63, 3.8) is 0 Å². The predicted molar refractivity (Wildman–Crippen MR) is 84.3 cm³/mol. The number of aryl methyl sites for hydroxylation is 2. The van der Waals surface area contributed by atoms with E-state index in [-0.39, 0.29) is 11.7 Å². The minimum Gasteiger partial charge on any atom is -0.299 e. The summed E-state index contributed by atoms with van der Waals surface area (Å²) < 4.78 is 2.75. The SMILES string of the molecule is Cc1nn(C)c(CC(=O)C2CSc3ccccc32)c1Br. The van der Waals surface area contributed by atoms with E-state index in [4.69, 9.17) is 0 Å². The van der Waals surface area contributed by atoms with Crippen LogP contribution in [0.3, 0.4) is 0 Å². The van der Waals surface area contributed by atoms with E-state index in [1.807, 2.05) is 26.1 Å². The molecule has 5 heteroatoms. The highest BCUT2D eigenvalue weighted by atomic mass is 79.9. The van der Waals surface area contributed by atoms with Crippen molar-refractivity contribution >= 4 is 33.5 Å². The van der Waals surface area contributed by atoms with Crippen LogP contribution >= 0.6 is 27.7 Å². The molecule has 0 bridgehead atoms. The summed E-state index contributed by atoms with van der Waals surface area (Å²) in [5.74, 6) is 1.14. The standard InChI is InChI=1S/C15H15BrN2OS/c1-9-15(16)12(18(2)17-9)7-13(19)11-8-20-14-6-4-3-5-10(11)14/h3-6,11H,7-8H2,1-2H3. The molecule has 0 saturated heterocycles. The van der Waals surface area contributed by atoms with Crippen molar-refractivity contribution in [1.29, 1.82) is 0 Å². The predicted octanol–water partition coefficient (Wildman–Crippen LogP) is 3.49. The third-order valence-corrected chi connectivity index (χ3v) is 5.91. The molecular weight excluding hydrogens is 336 g/mol. The fourth-order valence-corrected chi connectivity index (χ4v) is 4.33. The number of hydrogen-bond acceptors (Lipinski definition) is 3. The molecule has 0 spiro atoms. The first-order valence-corrected chi connectivity index (χ1v) is 8.28. The van der Waals surface area contributed by atoms with E-state index in [2.05, 4.69) is 33.2 Å². The Morgan fingerprint density at radius 2 is 2.25 bits per heavy atom. The Balaban J connectivity index is 1.85. The van der Waals surface area contributed by atoms with Crippen LogP contribution in [0.5, 0.6) is 0 Å². The first kappa shape index (κ1) is 13.9. The molecule has 1 aromatic heterocycles. The number of aromatic nitrogens is 2. The maximum atomic E-state index is 12.6. The Labute approximate surface area is 130 Å². The summed E-state index contributed by atoms with van der Waals surface area (Å²) >= 11 is 5.30. The Morgan fingerprint density at radius 3 is 2.95 bits per heavy atom. The molecule has 1 atom stereocenters. The Bertz CT molecular complexity index is 681. The van der Waals surface area contributed by atoms with E-state index in [9.17, 15) is 4.79 Å². The Hall–Kier alpha value is -1.07. The molecule has 20 heavy (non-hydrogen) atoms. The maximum Gasteiger partial charge on any atom is 0.147 e. The molecule has 2 aromatic rings. The monoisotopic (exact) mass is 350 g/mol. The highest BCUT2D eigenvalue weighted by molar-refractivity contribution is 9.10. The van der Waals surface area contributed by atoms with Gasteiger partial charge >= 0.3 is 0 Å². The molecule has 1 aliphatic heterocycles. The number of ketones is 1. The van der Waals surface area contributed by atoms with E-state index in [1.54, 1.807) is 16.4 Å². The van der Waals surface area contributed by atoms with Gasteiger partial charge in [-0.25, -0.2) is 0 Å². The number of carbonyl (C=O) groups excluding carboxylic acids is 1. The third-order valence-electron chi connectivity index (χ3n) is 3.69. The average Bonchev–Trinajstić information content (AvgIpc) is 2.96. The number of carbonyl (C=O) groups is 1. The first-order valence-electron chi connectivity index (χ1n) is 6.50. The summed E-state index contributed by atoms with van der Waals surface area (Å²) in [5.41, 5.74) is 3.07. The van der Waals surface area contributed by atoms with Crippen molar-refractivity contribution < 1.29 is 4.79 Å². The smallest absolute Gasteiger partial charge is 0.147 e. The fourth-order valence-electron chi connectivity index (χ4n) is 2.59. The number of rotatable bonds is 3. The summed E-state index contributed by atoms with van der Waals surface area (Å²) in [4.78, 5) is 13.9. The second kappa shape index (κ2) is 5.37. The number of Topliss-reactive ketones (excluding diaryl/α,β-unsaturated/α-hetero) is 1. The summed E-state index contributed by atoms with van der Waals surface area (Å²) in [6.07, 6.45) is 0.428. The zero-order chi connectivity index (χ0) is 14.3. The highest BCUT2D eigenvalue weighted by Gasteiger charge is 2.29. The van der Waals surface area contributed by atoms with E-state index in [1.165, 1.54) is 10.5 Å². The molecule has 2 heterocycles. The molecule has 3 rings (SSSR count). The van der Waals surface area contributed by atoms with Crippen molar-refractivity contribution in [2.75, 3.05) is 5.75 Å². The van der Waals surface area contributed by atoms with Crippen LogP contribution < -0.4 is 0 Å². The second-order valence-electron chi connectivity index (χ2n) is 5.01. The zero-order valence-electron chi connectivity index (χ0n) is 11.4. The van der Waals surface area contributed by atoms with Gasteiger partial charge in [-0.2, -0.15) is 5.10 Å². The van der Waals surface area contributed by atoms with Gasteiger partial charge in [-0.15, -0.1) is 11.8 Å². The third kappa shape index (κ3) is 2.33. The lowest BCUT2D eigenvalue weighted by atomic mass is 9.94. The molecule has 1 unspecified atom stereocenters. The lowest BCUT2D eigenvalue weighted by molar-refractivity contribution is -0.119. The van der Waals surface area contributed by atoms with Gasteiger partial charge in [0.05, 0.1) is 28.2 Å².